The van der Waals surface area contributed by atoms with Gasteiger partial charge in [0, 0.05) is 13.1 Å². The van der Waals surface area contributed by atoms with Gasteiger partial charge in [-0.25, -0.2) is 0 Å². The molecule has 0 amide bonds. The van der Waals surface area contributed by atoms with Gasteiger partial charge in [0.05, 0.1) is 0 Å². The van der Waals surface area contributed by atoms with Crippen LogP contribution in [0.2, 0.25) is 0 Å². The third-order valence-electron chi connectivity index (χ3n) is 6.45. The number of benzene rings is 2. The van der Waals surface area contributed by atoms with Gasteiger partial charge < -0.3 is 0 Å². The number of unbranched alkanes of at least 4 members (excludes halogenated alkanes) is 9. The maximum Gasteiger partial charge on any atom is 0.0169 e. The first-order chi connectivity index (χ1) is 16.7. The van der Waals surface area contributed by atoms with Crippen LogP contribution in [0.5, 0.6) is 0 Å². The van der Waals surface area contributed by atoms with Crippen molar-refractivity contribution in [3.8, 4) is 0 Å². The van der Waals surface area contributed by atoms with Crippen LogP contribution in [0, 0.1) is 5.92 Å². The predicted molar refractivity (Wildman–Crippen MR) is 153 cm³/mol. The van der Waals surface area contributed by atoms with Crippen LogP contribution >= 0.6 is 0 Å². The largest absolute Gasteiger partial charge is 0.296 e. The Balaban J connectivity index is 1.61. The van der Waals surface area contributed by atoms with Crippen molar-refractivity contribution in [3.05, 3.63) is 83.9 Å². The van der Waals surface area contributed by atoms with E-state index >= 15 is 0 Å². The van der Waals surface area contributed by atoms with Crippen LogP contribution in [-0.4, -0.2) is 24.5 Å². The topological polar surface area (TPSA) is 3.24 Å². The van der Waals surface area contributed by atoms with E-state index in [0.717, 1.165) is 19.0 Å². The minimum atomic E-state index is 0.871. The lowest BCUT2D eigenvalue weighted by atomic mass is 10.0. The van der Waals surface area contributed by atoms with Crippen LogP contribution in [0.1, 0.15) is 95.6 Å². The first kappa shape index (κ1) is 28.1. The molecular weight excluding hydrogens is 410 g/mol. The zero-order valence-corrected chi connectivity index (χ0v) is 22.0. The van der Waals surface area contributed by atoms with Gasteiger partial charge in [-0.3, -0.25) is 4.90 Å². The van der Waals surface area contributed by atoms with Crippen molar-refractivity contribution in [1.82, 2.24) is 4.90 Å². The quantitative estimate of drug-likeness (QED) is 0.189. The Morgan fingerprint density at radius 3 is 1.41 bits per heavy atom. The van der Waals surface area contributed by atoms with Crippen molar-refractivity contribution >= 4 is 12.2 Å². The van der Waals surface area contributed by atoms with Crippen molar-refractivity contribution < 1.29 is 0 Å². The SMILES string of the molecule is CC(C)CCCCCCCCCCCCN(CC=Cc1ccccc1)CC=Cc1ccccc1. The van der Waals surface area contributed by atoms with Gasteiger partial charge in [0.2, 0.25) is 0 Å². The van der Waals surface area contributed by atoms with E-state index in [9.17, 15) is 0 Å². The maximum absolute atomic E-state index is 2.57. The summed E-state index contributed by atoms with van der Waals surface area (Å²) in [6.45, 7) is 7.86. The van der Waals surface area contributed by atoms with Crippen molar-refractivity contribution in [3.63, 3.8) is 0 Å². The molecule has 0 aliphatic rings. The number of hydrogen-bond donors (Lipinski definition) is 0. The monoisotopic (exact) mass is 459 g/mol. The van der Waals surface area contributed by atoms with Crippen LogP contribution in [0.4, 0.5) is 0 Å². The molecule has 0 atom stereocenters. The third kappa shape index (κ3) is 14.9. The van der Waals surface area contributed by atoms with Crippen molar-refractivity contribution in [1.29, 1.82) is 0 Å². The lowest BCUT2D eigenvalue weighted by Gasteiger charge is -2.19. The molecule has 0 aliphatic heterocycles. The molecule has 0 bridgehead atoms. The van der Waals surface area contributed by atoms with Crippen LogP contribution < -0.4 is 0 Å². The summed E-state index contributed by atoms with van der Waals surface area (Å²) < 4.78 is 0. The third-order valence-corrected chi connectivity index (χ3v) is 6.45. The molecule has 0 aliphatic carbocycles. The standard InChI is InChI=1S/C33H49N/c1-31(2)21-13-9-7-5-3-4-6-8-10-18-28-34(29-19-26-32-22-14-11-15-23-32)30-20-27-33-24-16-12-17-25-33/h11-12,14-17,19-20,22-27,31H,3-10,13,18,21,28-30H2,1-2H3. The first-order valence-electron chi connectivity index (χ1n) is 13.9. The lowest BCUT2D eigenvalue weighted by molar-refractivity contribution is 0.324. The lowest BCUT2D eigenvalue weighted by Crippen LogP contribution is -2.25. The average molecular weight is 460 g/mol. The Kier molecular flexibility index (Phi) is 15.9. The second kappa shape index (κ2) is 19.2. The summed E-state index contributed by atoms with van der Waals surface area (Å²) in [5, 5.41) is 0. The van der Waals surface area contributed by atoms with Gasteiger partial charge in [0.25, 0.3) is 0 Å². The van der Waals surface area contributed by atoms with E-state index in [4.69, 9.17) is 0 Å². The maximum atomic E-state index is 2.57. The van der Waals surface area contributed by atoms with E-state index in [1.807, 2.05) is 0 Å². The van der Waals surface area contributed by atoms with Gasteiger partial charge in [-0.2, -0.15) is 0 Å². The molecule has 2 rings (SSSR count). The van der Waals surface area contributed by atoms with E-state index in [2.05, 4.69) is 104 Å². The molecule has 0 N–H and O–H groups in total. The highest BCUT2D eigenvalue weighted by Crippen LogP contribution is 2.14. The molecule has 1 nitrogen and oxygen atoms in total. The Bertz CT molecular complexity index is 708. The highest BCUT2D eigenvalue weighted by molar-refractivity contribution is 5.49. The normalized spacial score (nSPS) is 12.0. The molecule has 0 radical (unpaired) electrons. The molecule has 2 aromatic carbocycles. The van der Waals surface area contributed by atoms with E-state index in [1.54, 1.807) is 0 Å². The molecule has 1 heteroatoms. The Morgan fingerprint density at radius 1 is 0.559 bits per heavy atom. The van der Waals surface area contributed by atoms with Gasteiger partial charge in [-0.15, -0.1) is 0 Å². The van der Waals surface area contributed by atoms with Gasteiger partial charge in [-0.1, -0.05) is 163 Å². The smallest absolute Gasteiger partial charge is 0.0169 e. The second-order valence-electron chi connectivity index (χ2n) is 10.1. The Hall–Kier alpha value is -2.12. The molecular formula is C33H49N. The van der Waals surface area contributed by atoms with Crippen molar-refractivity contribution in [2.75, 3.05) is 19.6 Å². The molecule has 0 fully saturated rings. The molecule has 2 aromatic rings. The minimum Gasteiger partial charge on any atom is -0.296 e. The minimum absolute atomic E-state index is 0.871. The van der Waals surface area contributed by atoms with Crippen molar-refractivity contribution in [2.24, 2.45) is 5.92 Å². The highest BCUT2D eigenvalue weighted by atomic mass is 15.1. The van der Waals surface area contributed by atoms with Crippen LogP contribution in [-0.2, 0) is 0 Å². The summed E-state index contributed by atoms with van der Waals surface area (Å²) in [6.07, 6.45) is 24.6. The number of hydrogen-bond acceptors (Lipinski definition) is 1. The van der Waals surface area contributed by atoms with Gasteiger partial charge in [-0.05, 0) is 30.0 Å². The fraction of sp³-hybridized carbons (Fsp3) is 0.515. The van der Waals surface area contributed by atoms with Gasteiger partial charge in [0.1, 0.15) is 0 Å². The number of nitrogens with zero attached hydrogens (tertiary/aromatic N) is 1. The van der Waals surface area contributed by atoms with Crippen LogP contribution in [0.15, 0.2) is 72.8 Å². The van der Waals surface area contributed by atoms with E-state index < -0.39 is 0 Å². The zero-order chi connectivity index (χ0) is 24.1. The van der Waals surface area contributed by atoms with Gasteiger partial charge in [0.15, 0.2) is 0 Å². The fourth-order valence-electron chi connectivity index (χ4n) is 4.36. The van der Waals surface area contributed by atoms with Crippen LogP contribution in [0.3, 0.4) is 0 Å². The molecule has 0 aromatic heterocycles. The Morgan fingerprint density at radius 2 is 0.971 bits per heavy atom. The zero-order valence-electron chi connectivity index (χ0n) is 22.0. The summed E-state index contributed by atoms with van der Waals surface area (Å²) >= 11 is 0. The summed E-state index contributed by atoms with van der Waals surface area (Å²) in [7, 11) is 0. The molecule has 0 unspecified atom stereocenters. The molecule has 34 heavy (non-hydrogen) atoms. The van der Waals surface area contributed by atoms with Gasteiger partial charge >= 0.3 is 0 Å². The van der Waals surface area contributed by atoms with E-state index in [1.165, 1.54) is 88.3 Å². The summed E-state index contributed by atoms with van der Waals surface area (Å²) in [6, 6.07) is 21.2. The molecule has 0 saturated heterocycles. The summed E-state index contributed by atoms with van der Waals surface area (Å²) in [4.78, 5) is 2.57. The van der Waals surface area contributed by atoms with E-state index in [0.29, 0.717) is 0 Å². The van der Waals surface area contributed by atoms with Crippen LogP contribution in [0.25, 0.3) is 12.2 Å². The molecule has 0 spiro atoms. The molecule has 0 heterocycles. The fourth-order valence-corrected chi connectivity index (χ4v) is 4.36. The second-order valence-corrected chi connectivity index (χ2v) is 10.1. The molecule has 186 valence electrons. The van der Waals surface area contributed by atoms with Crippen molar-refractivity contribution in [2.45, 2.75) is 84.5 Å². The summed E-state index contributed by atoms with van der Waals surface area (Å²) in [5.74, 6) is 0.871. The predicted octanol–water partition coefficient (Wildman–Crippen LogP) is 9.66. The first-order valence-corrected chi connectivity index (χ1v) is 13.9. The average Bonchev–Trinajstić information content (AvgIpc) is 2.85. The number of rotatable bonds is 19. The highest BCUT2D eigenvalue weighted by Gasteiger charge is 2.01. The summed E-state index contributed by atoms with van der Waals surface area (Å²) in [5.41, 5.74) is 2.56. The van der Waals surface area contributed by atoms with E-state index in [-0.39, 0.29) is 0 Å². The molecule has 0 saturated carbocycles. The Labute approximate surface area is 211 Å².